The van der Waals surface area contributed by atoms with E-state index in [0.717, 1.165) is 16.9 Å². The minimum atomic E-state index is -0.548. The molecule has 3 aromatic carbocycles. The summed E-state index contributed by atoms with van der Waals surface area (Å²) in [5, 5.41) is 12.6. The molecule has 1 saturated heterocycles. The molecular formula is C27H23N3O3S. The molecule has 1 fully saturated rings. The molecule has 34 heavy (non-hydrogen) atoms. The normalized spacial score (nSPS) is 16.7. The fourth-order valence-corrected chi connectivity index (χ4v) is 4.91. The molecule has 0 aromatic heterocycles. The highest BCUT2D eigenvalue weighted by atomic mass is 32.2. The summed E-state index contributed by atoms with van der Waals surface area (Å²) in [6.45, 7) is 1.95. The molecule has 1 N–H and O–H groups in total. The van der Waals surface area contributed by atoms with Crippen molar-refractivity contribution in [2.24, 2.45) is 0 Å². The van der Waals surface area contributed by atoms with Gasteiger partial charge in [0.05, 0.1) is 12.4 Å². The Bertz CT molecular complexity index is 1260. The van der Waals surface area contributed by atoms with E-state index in [2.05, 4.69) is 5.32 Å². The average Bonchev–Trinajstić information content (AvgIpc) is 3.17. The van der Waals surface area contributed by atoms with Gasteiger partial charge in [-0.3, -0.25) is 14.5 Å². The van der Waals surface area contributed by atoms with E-state index in [9.17, 15) is 14.9 Å². The van der Waals surface area contributed by atoms with Gasteiger partial charge in [-0.05, 0) is 55.3 Å². The molecule has 1 aliphatic heterocycles. The van der Waals surface area contributed by atoms with Crippen molar-refractivity contribution in [3.8, 4) is 11.8 Å². The van der Waals surface area contributed by atoms with Crippen LogP contribution in [0.5, 0.6) is 5.75 Å². The van der Waals surface area contributed by atoms with Crippen LogP contribution in [-0.4, -0.2) is 24.2 Å². The third-order valence-corrected chi connectivity index (χ3v) is 6.67. The molecule has 7 heteroatoms. The van der Waals surface area contributed by atoms with Crippen LogP contribution in [-0.2, 0) is 16.0 Å². The first kappa shape index (κ1) is 23.1. The van der Waals surface area contributed by atoms with Crippen molar-refractivity contribution in [2.45, 2.75) is 18.6 Å². The summed E-state index contributed by atoms with van der Waals surface area (Å²) in [7, 11) is 1.60. The van der Waals surface area contributed by atoms with Crippen molar-refractivity contribution in [2.75, 3.05) is 17.3 Å². The highest BCUT2D eigenvalue weighted by Gasteiger charge is 2.40. The van der Waals surface area contributed by atoms with Crippen molar-refractivity contribution in [1.82, 2.24) is 0 Å². The lowest BCUT2D eigenvalue weighted by Gasteiger charge is -2.18. The minimum absolute atomic E-state index is 0.0972. The summed E-state index contributed by atoms with van der Waals surface area (Å²) >= 11 is 1.24. The zero-order valence-corrected chi connectivity index (χ0v) is 19.6. The fraction of sp³-hybridized carbons (Fsp3) is 0.148. The van der Waals surface area contributed by atoms with Gasteiger partial charge in [0.15, 0.2) is 0 Å². The number of benzene rings is 3. The fourth-order valence-electron chi connectivity index (χ4n) is 3.61. The van der Waals surface area contributed by atoms with Gasteiger partial charge in [-0.2, -0.15) is 5.26 Å². The van der Waals surface area contributed by atoms with E-state index >= 15 is 0 Å². The number of amides is 2. The standard InChI is InChI=1S/C27H23N3O3S/c1-18-8-12-20(13-9-18)29-25(31)23(17-28)27-30(21-6-4-3-5-7-21)26(32)24(34-27)16-19-10-14-22(33-2)15-11-19/h3-15,24H,16H2,1-2H3,(H,29,31)/b27-23-. The van der Waals surface area contributed by atoms with Crippen molar-refractivity contribution in [3.63, 3.8) is 0 Å². The maximum atomic E-state index is 13.5. The summed E-state index contributed by atoms with van der Waals surface area (Å²) in [5.74, 6) is 0.0192. The molecule has 0 aliphatic carbocycles. The number of para-hydroxylation sites is 1. The molecule has 2 amide bonds. The maximum absolute atomic E-state index is 13.5. The number of carbonyl (C=O) groups is 2. The molecule has 0 spiro atoms. The quantitative estimate of drug-likeness (QED) is 0.403. The highest BCUT2D eigenvalue weighted by Crippen LogP contribution is 2.42. The molecule has 1 atom stereocenters. The van der Waals surface area contributed by atoms with E-state index in [1.165, 1.54) is 16.7 Å². The summed E-state index contributed by atoms with van der Waals surface area (Å²) in [5.41, 5.74) is 3.12. The van der Waals surface area contributed by atoms with Crippen LogP contribution >= 0.6 is 11.8 Å². The van der Waals surface area contributed by atoms with Crippen molar-refractivity contribution in [3.05, 3.63) is 101 Å². The third kappa shape index (κ3) is 4.98. The number of hydrogen-bond acceptors (Lipinski definition) is 5. The number of ether oxygens (including phenoxy) is 1. The van der Waals surface area contributed by atoms with Crippen LogP contribution in [0.2, 0.25) is 0 Å². The van der Waals surface area contributed by atoms with Gasteiger partial charge < -0.3 is 10.1 Å². The van der Waals surface area contributed by atoms with Crippen LogP contribution < -0.4 is 15.0 Å². The van der Waals surface area contributed by atoms with Gasteiger partial charge in [0.2, 0.25) is 5.91 Å². The van der Waals surface area contributed by atoms with E-state index in [-0.39, 0.29) is 11.5 Å². The van der Waals surface area contributed by atoms with Gasteiger partial charge in [-0.25, -0.2) is 0 Å². The van der Waals surface area contributed by atoms with Gasteiger partial charge in [0.1, 0.15) is 22.4 Å². The van der Waals surface area contributed by atoms with Gasteiger partial charge >= 0.3 is 0 Å². The summed E-state index contributed by atoms with van der Waals surface area (Å²) < 4.78 is 5.21. The van der Waals surface area contributed by atoms with E-state index in [1.54, 1.807) is 31.4 Å². The van der Waals surface area contributed by atoms with Gasteiger partial charge in [-0.1, -0.05) is 59.8 Å². The Hall–Kier alpha value is -4.02. The Balaban J connectivity index is 1.68. The zero-order valence-electron chi connectivity index (χ0n) is 18.8. The van der Waals surface area contributed by atoms with Crippen LogP contribution in [0.1, 0.15) is 11.1 Å². The number of aryl methyl sites for hydroxylation is 1. The number of nitriles is 1. The molecule has 1 aliphatic rings. The Morgan fingerprint density at radius 3 is 2.35 bits per heavy atom. The first-order valence-electron chi connectivity index (χ1n) is 10.7. The smallest absolute Gasteiger partial charge is 0.269 e. The monoisotopic (exact) mass is 469 g/mol. The van der Waals surface area contributed by atoms with Crippen molar-refractivity contribution >= 4 is 35.0 Å². The predicted octanol–water partition coefficient (Wildman–Crippen LogP) is 5.07. The van der Waals surface area contributed by atoms with Gasteiger partial charge in [0.25, 0.3) is 5.91 Å². The van der Waals surface area contributed by atoms with E-state index in [1.807, 2.05) is 67.6 Å². The molecule has 0 radical (unpaired) electrons. The molecule has 3 aromatic rings. The van der Waals surface area contributed by atoms with Crippen LogP contribution in [0.4, 0.5) is 11.4 Å². The lowest BCUT2D eigenvalue weighted by atomic mass is 10.1. The molecule has 6 nitrogen and oxygen atoms in total. The van der Waals surface area contributed by atoms with E-state index in [4.69, 9.17) is 4.74 Å². The second kappa shape index (κ2) is 10.3. The summed E-state index contributed by atoms with van der Waals surface area (Å²) in [6.07, 6.45) is 0.457. The Morgan fingerprint density at radius 1 is 1.06 bits per heavy atom. The first-order valence-corrected chi connectivity index (χ1v) is 11.6. The molecule has 0 bridgehead atoms. The highest BCUT2D eigenvalue weighted by molar-refractivity contribution is 8.05. The van der Waals surface area contributed by atoms with E-state index in [0.29, 0.717) is 22.8 Å². The third-order valence-electron chi connectivity index (χ3n) is 5.41. The topological polar surface area (TPSA) is 82.4 Å². The second-order valence-electron chi connectivity index (χ2n) is 7.78. The average molecular weight is 470 g/mol. The van der Waals surface area contributed by atoms with Gasteiger partial charge in [0, 0.05) is 11.4 Å². The number of nitrogens with zero attached hydrogens (tertiary/aromatic N) is 2. The Morgan fingerprint density at radius 2 is 1.74 bits per heavy atom. The second-order valence-corrected chi connectivity index (χ2v) is 8.97. The minimum Gasteiger partial charge on any atom is -0.497 e. The van der Waals surface area contributed by atoms with Crippen LogP contribution in [0.25, 0.3) is 0 Å². The number of anilines is 2. The predicted molar refractivity (Wildman–Crippen MR) is 134 cm³/mol. The number of methoxy groups -OCH3 is 1. The molecular weight excluding hydrogens is 446 g/mol. The molecule has 170 valence electrons. The van der Waals surface area contributed by atoms with Crippen LogP contribution in [0.15, 0.2) is 89.5 Å². The molecule has 1 unspecified atom stereocenters. The number of rotatable bonds is 6. The Kier molecular flexibility index (Phi) is 7.00. The van der Waals surface area contributed by atoms with Crippen LogP contribution in [0.3, 0.4) is 0 Å². The number of thioether (sulfide) groups is 1. The maximum Gasteiger partial charge on any atom is 0.269 e. The van der Waals surface area contributed by atoms with Gasteiger partial charge in [-0.15, -0.1) is 0 Å². The van der Waals surface area contributed by atoms with Crippen molar-refractivity contribution < 1.29 is 14.3 Å². The first-order chi connectivity index (χ1) is 16.5. The largest absolute Gasteiger partial charge is 0.497 e. The summed E-state index contributed by atoms with van der Waals surface area (Å²) in [6, 6.07) is 25.9. The van der Waals surface area contributed by atoms with E-state index < -0.39 is 11.2 Å². The number of carbonyl (C=O) groups excluding carboxylic acids is 2. The lowest BCUT2D eigenvalue weighted by Crippen LogP contribution is -2.30. The molecule has 4 rings (SSSR count). The Labute approximate surface area is 202 Å². The van der Waals surface area contributed by atoms with Crippen LogP contribution in [0, 0.1) is 18.3 Å². The lowest BCUT2D eigenvalue weighted by molar-refractivity contribution is -0.117. The summed E-state index contributed by atoms with van der Waals surface area (Å²) in [4.78, 5) is 28.0. The van der Waals surface area contributed by atoms with Crippen molar-refractivity contribution in [1.29, 1.82) is 5.26 Å². The number of hydrogen-bond donors (Lipinski definition) is 1. The molecule has 1 heterocycles. The molecule has 0 saturated carbocycles. The SMILES string of the molecule is COc1ccc(CC2S/C(=C(/C#N)C(=O)Nc3ccc(C)cc3)N(c3ccccc3)C2=O)cc1. The zero-order chi connectivity index (χ0) is 24.1. The number of nitrogens with one attached hydrogen (secondary N) is 1.